The van der Waals surface area contributed by atoms with E-state index in [0.717, 1.165) is 13.1 Å². The first-order chi connectivity index (χ1) is 9.31. The van der Waals surface area contributed by atoms with Gasteiger partial charge in [-0.25, -0.2) is 4.98 Å². The molecule has 19 heavy (non-hydrogen) atoms. The fraction of sp³-hybridized carbons (Fsp3) is 0.786. The van der Waals surface area contributed by atoms with Crippen LogP contribution in [0.4, 0.5) is 5.13 Å². The lowest BCUT2D eigenvalue weighted by molar-refractivity contribution is 0.179. The summed E-state index contributed by atoms with van der Waals surface area (Å²) in [7, 11) is 0. The van der Waals surface area contributed by atoms with E-state index in [9.17, 15) is 0 Å². The van der Waals surface area contributed by atoms with Gasteiger partial charge in [0.2, 0.25) is 0 Å². The lowest BCUT2D eigenvalue weighted by atomic mass is 9.93. The normalized spacial score (nSPS) is 29.0. The summed E-state index contributed by atoms with van der Waals surface area (Å²) in [5.74, 6) is 0. The molecule has 1 aromatic heterocycles. The van der Waals surface area contributed by atoms with Crippen LogP contribution in [0.2, 0.25) is 0 Å². The first kappa shape index (κ1) is 13.3. The highest BCUT2D eigenvalue weighted by Gasteiger charge is 2.34. The molecule has 4 nitrogen and oxygen atoms in total. The van der Waals surface area contributed by atoms with Gasteiger partial charge in [-0.1, -0.05) is 6.92 Å². The van der Waals surface area contributed by atoms with Crippen LogP contribution in [0.5, 0.6) is 0 Å². The van der Waals surface area contributed by atoms with Crippen LogP contribution in [0.25, 0.3) is 0 Å². The molecule has 1 N–H and O–H groups in total. The Morgan fingerprint density at radius 1 is 1.37 bits per heavy atom. The molecule has 2 saturated heterocycles. The highest BCUT2D eigenvalue weighted by molar-refractivity contribution is 7.13. The molecule has 0 bridgehead atoms. The van der Waals surface area contributed by atoms with Crippen molar-refractivity contribution in [2.24, 2.45) is 0 Å². The molecule has 2 fully saturated rings. The Morgan fingerprint density at radius 3 is 2.79 bits per heavy atom. The second kappa shape index (κ2) is 5.77. The van der Waals surface area contributed by atoms with E-state index in [0.29, 0.717) is 5.54 Å². The Kier molecular flexibility index (Phi) is 4.05. The van der Waals surface area contributed by atoms with E-state index in [1.54, 1.807) is 11.3 Å². The number of hydrogen-bond donors (Lipinski definition) is 1. The SMILES string of the molecule is CCC1(CN2CCN(c3nccs3)CC2)CCCN1. The number of thiazole rings is 1. The van der Waals surface area contributed by atoms with Crippen LogP contribution in [-0.2, 0) is 0 Å². The van der Waals surface area contributed by atoms with E-state index in [1.807, 2.05) is 6.20 Å². The first-order valence-corrected chi connectivity index (χ1v) is 8.31. The molecule has 1 atom stereocenters. The molecule has 0 saturated carbocycles. The van der Waals surface area contributed by atoms with E-state index >= 15 is 0 Å². The third kappa shape index (κ3) is 2.93. The molecular formula is C14H24N4S. The molecule has 1 unspecified atom stereocenters. The fourth-order valence-corrected chi connectivity index (χ4v) is 4.01. The average molecular weight is 280 g/mol. The van der Waals surface area contributed by atoms with Crippen molar-refractivity contribution in [3.05, 3.63) is 11.6 Å². The van der Waals surface area contributed by atoms with E-state index in [1.165, 1.54) is 50.6 Å². The Labute approximate surface area is 119 Å². The molecule has 2 aliphatic rings. The highest BCUT2D eigenvalue weighted by atomic mass is 32.1. The Balaban J connectivity index is 1.53. The minimum absolute atomic E-state index is 0.392. The maximum absolute atomic E-state index is 4.41. The standard InChI is InChI=1S/C14H24N4S/c1-2-14(4-3-5-16-14)12-17-7-9-18(10-8-17)13-15-6-11-19-13/h6,11,16H,2-5,7-10,12H2,1H3. The molecule has 0 aliphatic carbocycles. The third-order valence-electron chi connectivity index (χ3n) is 4.60. The van der Waals surface area contributed by atoms with Crippen molar-refractivity contribution >= 4 is 16.5 Å². The van der Waals surface area contributed by atoms with Gasteiger partial charge in [0.05, 0.1) is 0 Å². The predicted octanol–water partition coefficient (Wildman–Crippen LogP) is 1.80. The minimum atomic E-state index is 0.392. The van der Waals surface area contributed by atoms with Crippen molar-refractivity contribution in [1.82, 2.24) is 15.2 Å². The second-order valence-corrected chi connectivity index (χ2v) is 6.62. The number of aromatic nitrogens is 1. The van der Waals surface area contributed by atoms with Crippen LogP contribution in [0, 0.1) is 0 Å². The highest BCUT2D eigenvalue weighted by Crippen LogP contribution is 2.25. The van der Waals surface area contributed by atoms with Crippen molar-refractivity contribution < 1.29 is 0 Å². The summed E-state index contributed by atoms with van der Waals surface area (Å²) < 4.78 is 0. The Bertz CT molecular complexity index is 378. The van der Waals surface area contributed by atoms with Crippen LogP contribution in [0.3, 0.4) is 0 Å². The number of piperazine rings is 1. The average Bonchev–Trinajstić information content (AvgIpc) is 3.11. The molecule has 0 radical (unpaired) electrons. The van der Waals surface area contributed by atoms with Crippen LogP contribution in [0.15, 0.2) is 11.6 Å². The van der Waals surface area contributed by atoms with E-state index in [4.69, 9.17) is 0 Å². The van der Waals surface area contributed by atoms with Gasteiger partial charge in [0.1, 0.15) is 0 Å². The van der Waals surface area contributed by atoms with Crippen molar-refractivity contribution in [3.63, 3.8) is 0 Å². The second-order valence-electron chi connectivity index (χ2n) is 5.74. The zero-order valence-corrected chi connectivity index (χ0v) is 12.6. The fourth-order valence-electron chi connectivity index (χ4n) is 3.31. The van der Waals surface area contributed by atoms with E-state index < -0.39 is 0 Å². The minimum Gasteiger partial charge on any atom is -0.346 e. The van der Waals surface area contributed by atoms with Crippen molar-refractivity contribution in [3.8, 4) is 0 Å². The van der Waals surface area contributed by atoms with Crippen molar-refractivity contribution in [1.29, 1.82) is 0 Å². The summed E-state index contributed by atoms with van der Waals surface area (Å²) in [5, 5.41) is 6.99. The number of rotatable bonds is 4. The molecule has 0 amide bonds. The van der Waals surface area contributed by atoms with Crippen molar-refractivity contribution in [2.75, 3.05) is 44.2 Å². The van der Waals surface area contributed by atoms with E-state index in [-0.39, 0.29) is 0 Å². The van der Waals surface area contributed by atoms with Gasteiger partial charge < -0.3 is 10.2 Å². The molecule has 106 valence electrons. The molecule has 3 rings (SSSR count). The summed E-state index contributed by atoms with van der Waals surface area (Å²) in [5.41, 5.74) is 0.392. The van der Waals surface area contributed by atoms with Gasteiger partial charge in [-0.15, -0.1) is 11.3 Å². The summed E-state index contributed by atoms with van der Waals surface area (Å²) in [6, 6.07) is 0. The topological polar surface area (TPSA) is 31.4 Å². The predicted molar refractivity (Wildman–Crippen MR) is 81.0 cm³/mol. The molecule has 1 aromatic rings. The molecule has 3 heterocycles. The third-order valence-corrected chi connectivity index (χ3v) is 5.43. The number of nitrogens with one attached hydrogen (secondary N) is 1. The smallest absolute Gasteiger partial charge is 0.185 e. The van der Waals surface area contributed by atoms with Gasteiger partial charge in [0, 0.05) is 49.8 Å². The first-order valence-electron chi connectivity index (χ1n) is 7.43. The maximum atomic E-state index is 4.41. The van der Waals surface area contributed by atoms with Gasteiger partial charge in [-0.05, 0) is 25.8 Å². The monoisotopic (exact) mass is 280 g/mol. The van der Waals surface area contributed by atoms with Crippen LogP contribution >= 0.6 is 11.3 Å². The van der Waals surface area contributed by atoms with Crippen LogP contribution in [-0.4, -0.2) is 54.7 Å². The number of nitrogens with zero attached hydrogens (tertiary/aromatic N) is 3. The van der Waals surface area contributed by atoms with Crippen LogP contribution in [0.1, 0.15) is 26.2 Å². The zero-order chi connectivity index (χ0) is 13.1. The summed E-state index contributed by atoms with van der Waals surface area (Å²) >= 11 is 1.75. The molecule has 0 spiro atoms. The van der Waals surface area contributed by atoms with Gasteiger partial charge in [0.25, 0.3) is 0 Å². The van der Waals surface area contributed by atoms with Crippen molar-refractivity contribution in [2.45, 2.75) is 31.7 Å². The molecular weight excluding hydrogens is 256 g/mol. The molecule has 2 aliphatic heterocycles. The van der Waals surface area contributed by atoms with Gasteiger partial charge in [-0.2, -0.15) is 0 Å². The number of hydrogen-bond acceptors (Lipinski definition) is 5. The Hall–Kier alpha value is -0.650. The summed E-state index contributed by atoms with van der Waals surface area (Å²) in [6.07, 6.45) is 5.84. The molecule has 0 aromatic carbocycles. The summed E-state index contributed by atoms with van der Waals surface area (Å²) in [6.45, 7) is 9.32. The lowest BCUT2D eigenvalue weighted by Crippen LogP contribution is -2.55. The van der Waals surface area contributed by atoms with Gasteiger partial charge in [0.15, 0.2) is 5.13 Å². The zero-order valence-electron chi connectivity index (χ0n) is 11.8. The lowest BCUT2D eigenvalue weighted by Gasteiger charge is -2.40. The van der Waals surface area contributed by atoms with Gasteiger partial charge in [-0.3, -0.25) is 4.90 Å². The maximum Gasteiger partial charge on any atom is 0.185 e. The summed E-state index contributed by atoms with van der Waals surface area (Å²) in [4.78, 5) is 9.46. The quantitative estimate of drug-likeness (QED) is 0.911. The molecule has 5 heteroatoms. The number of anilines is 1. The van der Waals surface area contributed by atoms with E-state index in [2.05, 4.69) is 32.4 Å². The van der Waals surface area contributed by atoms with Gasteiger partial charge >= 0.3 is 0 Å². The van der Waals surface area contributed by atoms with Crippen LogP contribution < -0.4 is 10.2 Å². The Morgan fingerprint density at radius 2 is 2.21 bits per heavy atom. The largest absolute Gasteiger partial charge is 0.346 e.